The molecule has 1 saturated carbocycles. The normalized spacial score (nSPS) is 35.8. The van der Waals surface area contributed by atoms with Crippen LogP contribution in [0.4, 0.5) is 0 Å². The first-order valence-corrected chi connectivity index (χ1v) is 3.74. The van der Waals surface area contributed by atoms with Crippen molar-refractivity contribution in [2.45, 2.75) is 26.7 Å². The molecule has 0 bridgehead atoms. The first-order valence-electron chi connectivity index (χ1n) is 3.74. The third kappa shape index (κ3) is 1.32. The van der Waals surface area contributed by atoms with E-state index in [1.54, 1.807) is 0 Å². The van der Waals surface area contributed by atoms with Crippen molar-refractivity contribution in [3.63, 3.8) is 0 Å². The van der Waals surface area contributed by atoms with Crippen molar-refractivity contribution in [3.05, 3.63) is 0 Å². The number of hydrogen-bond acceptors (Lipinski definition) is 1. The first kappa shape index (κ1) is 6.79. The van der Waals surface area contributed by atoms with Crippen molar-refractivity contribution in [3.8, 4) is 0 Å². The Labute approximate surface area is 56.4 Å². The molecular formula is C8H14O. The van der Waals surface area contributed by atoms with Crippen LogP contribution in [0, 0.1) is 17.8 Å². The molecule has 0 heterocycles. The van der Waals surface area contributed by atoms with Crippen LogP contribution in [0.1, 0.15) is 26.7 Å². The fourth-order valence-corrected chi connectivity index (χ4v) is 1.35. The summed E-state index contributed by atoms with van der Waals surface area (Å²) in [6.45, 7) is 4.42. The second-order valence-corrected chi connectivity index (χ2v) is 3.09. The summed E-state index contributed by atoms with van der Waals surface area (Å²) in [7, 11) is 0. The monoisotopic (exact) mass is 126 g/mol. The zero-order chi connectivity index (χ0) is 6.85. The molecule has 0 spiro atoms. The number of aldehydes is 1. The molecular weight excluding hydrogens is 112 g/mol. The molecule has 3 atom stereocenters. The number of carbonyl (C=O) groups excluding carboxylic acids is 1. The third-order valence-electron chi connectivity index (χ3n) is 2.44. The molecule has 0 amide bonds. The van der Waals surface area contributed by atoms with Crippen molar-refractivity contribution in [2.75, 3.05) is 0 Å². The summed E-state index contributed by atoms with van der Waals surface area (Å²) < 4.78 is 0. The molecule has 1 rings (SSSR count). The Kier molecular flexibility index (Phi) is 1.89. The van der Waals surface area contributed by atoms with Crippen molar-refractivity contribution in [2.24, 2.45) is 17.8 Å². The van der Waals surface area contributed by atoms with Gasteiger partial charge < -0.3 is 4.79 Å². The van der Waals surface area contributed by atoms with Gasteiger partial charge in [0.25, 0.3) is 0 Å². The van der Waals surface area contributed by atoms with Gasteiger partial charge in [0.05, 0.1) is 0 Å². The Bertz CT molecular complexity index is 109. The van der Waals surface area contributed by atoms with E-state index in [-0.39, 0.29) is 0 Å². The van der Waals surface area contributed by atoms with Gasteiger partial charge in [0.2, 0.25) is 0 Å². The van der Waals surface area contributed by atoms with Crippen LogP contribution in [0.25, 0.3) is 0 Å². The molecule has 9 heavy (non-hydrogen) atoms. The molecule has 1 nitrogen and oxygen atoms in total. The van der Waals surface area contributed by atoms with Gasteiger partial charge in [-0.2, -0.15) is 0 Å². The maximum absolute atomic E-state index is 10.2. The van der Waals surface area contributed by atoms with Gasteiger partial charge in [0, 0.05) is 5.92 Å². The zero-order valence-corrected chi connectivity index (χ0v) is 6.13. The van der Waals surface area contributed by atoms with Gasteiger partial charge in [0.15, 0.2) is 0 Å². The Morgan fingerprint density at radius 1 is 1.78 bits per heavy atom. The van der Waals surface area contributed by atoms with Crippen LogP contribution in [0.15, 0.2) is 0 Å². The van der Waals surface area contributed by atoms with Crippen LogP contribution in [0.3, 0.4) is 0 Å². The summed E-state index contributed by atoms with van der Waals surface area (Å²) in [5.74, 6) is 1.91. The van der Waals surface area contributed by atoms with E-state index in [2.05, 4.69) is 13.8 Å². The maximum atomic E-state index is 10.2. The summed E-state index contributed by atoms with van der Waals surface area (Å²) >= 11 is 0. The molecule has 1 aliphatic carbocycles. The molecule has 0 unspecified atom stereocenters. The van der Waals surface area contributed by atoms with Crippen LogP contribution in [-0.4, -0.2) is 6.29 Å². The van der Waals surface area contributed by atoms with Crippen LogP contribution in [-0.2, 0) is 4.79 Å². The predicted octanol–water partition coefficient (Wildman–Crippen LogP) is 1.87. The van der Waals surface area contributed by atoms with Gasteiger partial charge in [-0.15, -0.1) is 0 Å². The molecule has 1 fully saturated rings. The highest BCUT2D eigenvalue weighted by molar-refractivity contribution is 5.58. The summed E-state index contributed by atoms with van der Waals surface area (Å²) in [5, 5.41) is 0. The van der Waals surface area contributed by atoms with E-state index in [0.29, 0.717) is 5.92 Å². The van der Waals surface area contributed by atoms with Crippen molar-refractivity contribution < 1.29 is 4.79 Å². The highest BCUT2D eigenvalue weighted by Gasteiger charge is 2.39. The molecule has 0 aromatic rings. The maximum Gasteiger partial charge on any atom is 0.123 e. The van der Waals surface area contributed by atoms with E-state index >= 15 is 0 Å². The molecule has 1 aliphatic rings. The first-order chi connectivity index (χ1) is 4.29. The van der Waals surface area contributed by atoms with Crippen LogP contribution < -0.4 is 0 Å². The topological polar surface area (TPSA) is 17.1 Å². The van der Waals surface area contributed by atoms with Gasteiger partial charge in [-0.05, 0) is 18.3 Å². The average Bonchev–Trinajstić information content (AvgIpc) is 2.64. The van der Waals surface area contributed by atoms with E-state index in [1.807, 2.05) is 0 Å². The molecule has 52 valence electrons. The molecule has 0 saturated heterocycles. The highest BCUT2D eigenvalue weighted by Crippen LogP contribution is 2.43. The average molecular weight is 126 g/mol. The third-order valence-corrected chi connectivity index (χ3v) is 2.44. The van der Waals surface area contributed by atoms with Gasteiger partial charge >= 0.3 is 0 Å². The van der Waals surface area contributed by atoms with Gasteiger partial charge in [-0.1, -0.05) is 20.3 Å². The summed E-state index contributed by atoms with van der Waals surface area (Å²) in [6.07, 6.45) is 3.48. The Morgan fingerprint density at radius 2 is 2.44 bits per heavy atom. The molecule has 0 aromatic heterocycles. The minimum Gasteiger partial charge on any atom is -0.303 e. The van der Waals surface area contributed by atoms with Crippen molar-refractivity contribution >= 4 is 6.29 Å². The van der Waals surface area contributed by atoms with Crippen molar-refractivity contribution in [1.29, 1.82) is 0 Å². The lowest BCUT2D eigenvalue weighted by molar-refractivity contribution is -0.109. The molecule has 1 heteroatoms. The molecule has 0 aliphatic heterocycles. The minimum atomic E-state index is 0.417. The fraction of sp³-hybridized carbons (Fsp3) is 0.875. The lowest BCUT2D eigenvalue weighted by Gasteiger charge is -2.03. The SMILES string of the molecule is CC[C@H](C)[C@@H]1C[C@@H]1C=O. The summed E-state index contributed by atoms with van der Waals surface area (Å²) in [5.41, 5.74) is 0. The smallest absolute Gasteiger partial charge is 0.123 e. The molecule has 0 N–H and O–H groups in total. The number of carbonyl (C=O) groups is 1. The minimum absolute atomic E-state index is 0.417. The van der Waals surface area contributed by atoms with E-state index < -0.39 is 0 Å². The largest absolute Gasteiger partial charge is 0.303 e. The van der Waals surface area contributed by atoms with Crippen molar-refractivity contribution in [1.82, 2.24) is 0 Å². The van der Waals surface area contributed by atoms with E-state index in [1.165, 1.54) is 6.42 Å². The van der Waals surface area contributed by atoms with Crippen LogP contribution in [0.2, 0.25) is 0 Å². The second-order valence-electron chi connectivity index (χ2n) is 3.09. The summed E-state index contributed by atoms with van der Waals surface area (Å²) in [4.78, 5) is 10.2. The summed E-state index contributed by atoms with van der Waals surface area (Å²) in [6, 6.07) is 0. The van der Waals surface area contributed by atoms with Gasteiger partial charge in [-0.3, -0.25) is 0 Å². The quantitative estimate of drug-likeness (QED) is 0.527. The van der Waals surface area contributed by atoms with Crippen LogP contribution in [0.5, 0.6) is 0 Å². The Hall–Kier alpha value is -0.330. The second kappa shape index (κ2) is 2.51. The molecule has 0 aromatic carbocycles. The highest BCUT2D eigenvalue weighted by atomic mass is 16.1. The number of rotatable bonds is 3. The van der Waals surface area contributed by atoms with Gasteiger partial charge in [0.1, 0.15) is 6.29 Å². The Balaban J connectivity index is 2.24. The molecule has 0 radical (unpaired) electrons. The van der Waals surface area contributed by atoms with E-state index in [0.717, 1.165) is 24.5 Å². The lowest BCUT2D eigenvalue weighted by atomic mass is 10.0. The zero-order valence-electron chi connectivity index (χ0n) is 6.13. The van der Waals surface area contributed by atoms with Gasteiger partial charge in [-0.25, -0.2) is 0 Å². The van der Waals surface area contributed by atoms with E-state index in [4.69, 9.17) is 0 Å². The van der Waals surface area contributed by atoms with E-state index in [9.17, 15) is 4.79 Å². The fourth-order valence-electron chi connectivity index (χ4n) is 1.35. The Morgan fingerprint density at radius 3 is 2.78 bits per heavy atom. The lowest BCUT2D eigenvalue weighted by Crippen LogP contribution is -1.96. The standard InChI is InChI=1S/C8H14O/c1-3-6(2)8-4-7(8)5-9/h5-8H,3-4H2,1-2H3/t6-,7+,8-/m0/s1. The van der Waals surface area contributed by atoms with Crippen LogP contribution >= 0.6 is 0 Å². The predicted molar refractivity (Wildman–Crippen MR) is 37.1 cm³/mol. The number of hydrogen-bond donors (Lipinski definition) is 0.